The second-order valence-electron chi connectivity index (χ2n) is 8.50. The highest BCUT2D eigenvalue weighted by Gasteiger charge is 2.37. The lowest BCUT2D eigenvalue weighted by Crippen LogP contribution is -2.28. The molecule has 39 heavy (non-hydrogen) atoms. The molecule has 1 aromatic carbocycles. The molecule has 0 bridgehead atoms. The number of nitrogens with one attached hydrogen (secondary N) is 2. The van der Waals surface area contributed by atoms with Crippen LogP contribution < -0.4 is 10.6 Å². The Balaban J connectivity index is 1.26. The summed E-state index contributed by atoms with van der Waals surface area (Å²) in [5.41, 5.74) is -2.82. The van der Waals surface area contributed by atoms with E-state index in [0.717, 1.165) is 0 Å². The number of alkyl halides is 6. The number of hydrogen-bond acceptors (Lipinski definition) is 7. The fraction of sp³-hybridized carbons (Fsp3) is 0.333. The summed E-state index contributed by atoms with van der Waals surface area (Å²) in [5.74, 6) is -1.31. The van der Waals surface area contributed by atoms with Crippen molar-refractivity contribution in [2.75, 3.05) is 13.1 Å². The lowest BCUT2D eigenvalue weighted by atomic mass is 9.93. The highest BCUT2D eigenvalue weighted by Crippen LogP contribution is 2.38. The summed E-state index contributed by atoms with van der Waals surface area (Å²) in [6.07, 6.45) is -2.65. The lowest BCUT2D eigenvalue weighted by molar-refractivity contribution is -0.143. The van der Waals surface area contributed by atoms with Crippen LogP contribution in [0.15, 0.2) is 68.6 Å². The van der Waals surface area contributed by atoms with Crippen LogP contribution >= 0.6 is 0 Å². The minimum atomic E-state index is -5.01. The zero-order chi connectivity index (χ0) is 28.2. The molecule has 0 radical (unpaired) electrons. The topological polar surface area (TPSA) is 122 Å². The first-order valence-corrected chi connectivity index (χ1v) is 11.6. The molecule has 1 aliphatic carbocycles. The first kappa shape index (κ1) is 27.7. The van der Waals surface area contributed by atoms with Gasteiger partial charge < -0.3 is 15.2 Å². The van der Waals surface area contributed by atoms with Gasteiger partial charge >= 0.3 is 12.4 Å². The van der Waals surface area contributed by atoms with E-state index in [1.807, 2.05) is 0 Å². The highest BCUT2D eigenvalue weighted by molar-refractivity contribution is 5.86. The Kier molecular flexibility index (Phi) is 7.97. The van der Waals surface area contributed by atoms with E-state index >= 15 is 0 Å². The molecule has 4 rings (SSSR count). The van der Waals surface area contributed by atoms with Crippen molar-refractivity contribution in [2.45, 2.75) is 31.6 Å². The maximum Gasteiger partial charge on any atom is 0.416 e. The van der Waals surface area contributed by atoms with Crippen LogP contribution in [0, 0.1) is 5.92 Å². The van der Waals surface area contributed by atoms with E-state index in [1.165, 1.54) is 0 Å². The van der Waals surface area contributed by atoms with E-state index in [-0.39, 0.29) is 36.6 Å². The Hall–Kier alpha value is -4.30. The molecule has 0 saturated heterocycles. The molecular weight excluding hydrogens is 534 g/mol. The van der Waals surface area contributed by atoms with Crippen molar-refractivity contribution in [3.05, 3.63) is 70.9 Å². The van der Waals surface area contributed by atoms with Gasteiger partial charge in [0.05, 0.1) is 17.0 Å². The lowest BCUT2D eigenvalue weighted by Gasteiger charge is -2.20. The predicted molar refractivity (Wildman–Crippen MR) is 122 cm³/mol. The number of halogens is 6. The van der Waals surface area contributed by atoms with Gasteiger partial charge in [-0.15, -0.1) is 10.2 Å². The van der Waals surface area contributed by atoms with E-state index in [4.69, 9.17) is 4.52 Å². The SMILES string of the molecule is O=C(CCc1nc(-c2cc(C(F)(F)F)cc(C(F)(F)F)c2)no1)NCCCNC1=C2C=CC=CC2C(=O)N=N1. The number of azo groups is 1. The van der Waals surface area contributed by atoms with Crippen molar-refractivity contribution < 1.29 is 40.5 Å². The summed E-state index contributed by atoms with van der Waals surface area (Å²) in [6.45, 7) is 0.726. The van der Waals surface area contributed by atoms with Crippen molar-refractivity contribution in [1.29, 1.82) is 0 Å². The molecule has 9 nitrogen and oxygen atoms in total. The van der Waals surface area contributed by atoms with Gasteiger partial charge in [-0.1, -0.05) is 29.5 Å². The van der Waals surface area contributed by atoms with Crippen LogP contribution in [0.2, 0.25) is 0 Å². The first-order chi connectivity index (χ1) is 18.4. The normalized spacial score (nSPS) is 17.0. The van der Waals surface area contributed by atoms with Crippen molar-refractivity contribution in [2.24, 2.45) is 16.1 Å². The molecule has 1 atom stereocenters. The third-order valence-corrected chi connectivity index (χ3v) is 5.66. The van der Waals surface area contributed by atoms with Crippen LogP contribution in [-0.2, 0) is 28.4 Å². The third-order valence-electron chi connectivity index (χ3n) is 5.66. The van der Waals surface area contributed by atoms with Crippen LogP contribution in [-0.4, -0.2) is 35.0 Å². The van der Waals surface area contributed by atoms with Crippen molar-refractivity contribution in [3.8, 4) is 11.4 Å². The minimum absolute atomic E-state index is 0.00315. The second-order valence-corrected chi connectivity index (χ2v) is 8.50. The summed E-state index contributed by atoms with van der Waals surface area (Å²) < 4.78 is 83.4. The number of hydrogen-bond donors (Lipinski definition) is 2. The standard InChI is InChI=1S/C24H20F6N6O3/c25-23(26,27)14-10-13(11-15(12-14)24(28,29)30)20-33-19(39-36-20)7-6-18(37)31-8-3-9-32-21-16-4-1-2-5-17(16)22(38)35-34-21/h1-2,4-5,10-12,17,32H,3,6-9H2,(H,31,37). The molecular formula is C24H20F6N6O3. The molecule has 2 heterocycles. The molecule has 1 aromatic heterocycles. The number of benzene rings is 1. The monoisotopic (exact) mass is 554 g/mol. The smallest absolute Gasteiger partial charge is 0.368 e. The fourth-order valence-corrected chi connectivity index (χ4v) is 3.73. The number of amides is 2. The highest BCUT2D eigenvalue weighted by atomic mass is 19.4. The van der Waals surface area contributed by atoms with E-state index in [9.17, 15) is 35.9 Å². The van der Waals surface area contributed by atoms with Crippen LogP contribution in [0.25, 0.3) is 11.4 Å². The number of aromatic nitrogens is 2. The van der Waals surface area contributed by atoms with Gasteiger partial charge in [0.1, 0.15) is 0 Å². The number of carbonyl (C=O) groups is 2. The van der Waals surface area contributed by atoms with E-state index < -0.39 is 40.8 Å². The van der Waals surface area contributed by atoms with Crippen molar-refractivity contribution >= 4 is 11.8 Å². The van der Waals surface area contributed by atoms with Gasteiger partial charge in [-0.25, -0.2) is 0 Å². The summed E-state index contributed by atoms with van der Waals surface area (Å²) in [6, 6.07) is 0.994. The zero-order valence-corrected chi connectivity index (χ0v) is 19.9. The Morgan fingerprint density at radius 2 is 1.69 bits per heavy atom. The molecule has 1 aliphatic heterocycles. The van der Waals surface area contributed by atoms with E-state index in [1.54, 1.807) is 24.3 Å². The minimum Gasteiger partial charge on any atom is -0.368 e. The second kappa shape index (κ2) is 11.2. The van der Waals surface area contributed by atoms with Gasteiger partial charge in [0, 0.05) is 37.1 Å². The summed E-state index contributed by atoms with van der Waals surface area (Å²) in [5, 5.41) is 16.7. The average molecular weight is 554 g/mol. The van der Waals surface area contributed by atoms with Gasteiger partial charge in [-0.3, -0.25) is 9.59 Å². The van der Waals surface area contributed by atoms with Crippen LogP contribution in [0.5, 0.6) is 0 Å². The average Bonchev–Trinajstić information content (AvgIpc) is 3.37. The Bertz CT molecular complexity index is 1340. The van der Waals surface area contributed by atoms with Crippen LogP contribution in [0.1, 0.15) is 29.9 Å². The molecule has 15 heteroatoms. The fourth-order valence-electron chi connectivity index (χ4n) is 3.73. The number of allylic oxidation sites excluding steroid dienone is 3. The van der Waals surface area contributed by atoms with E-state index in [0.29, 0.717) is 43.0 Å². The molecule has 1 unspecified atom stereocenters. The summed E-state index contributed by atoms with van der Waals surface area (Å²) in [4.78, 5) is 27.8. The number of carbonyl (C=O) groups excluding carboxylic acids is 2. The molecule has 206 valence electrons. The molecule has 0 spiro atoms. The molecule has 2 N–H and O–H groups in total. The Labute approximate surface area is 216 Å². The first-order valence-electron chi connectivity index (χ1n) is 11.6. The third kappa shape index (κ3) is 6.97. The molecule has 2 aromatic rings. The Morgan fingerprint density at radius 1 is 0.974 bits per heavy atom. The zero-order valence-electron chi connectivity index (χ0n) is 19.9. The largest absolute Gasteiger partial charge is 0.416 e. The van der Waals surface area contributed by atoms with Crippen molar-refractivity contribution in [1.82, 2.24) is 20.8 Å². The number of rotatable bonds is 9. The summed E-state index contributed by atoms with van der Waals surface area (Å²) >= 11 is 0. The molecule has 2 aliphatic rings. The van der Waals surface area contributed by atoms with Crippen molar-refractivity contribution in [3.63, 3.8) is 0 Å². The molecule has 0 saturated carbocycles. The number of nitrogens with zero attached hydrogens (tertiary/aromatic N) is 4. The maximum absolute atomic E-state index is 13.1. The molecule has 0 fully saturated rings. The van der Waals surface area contributed by atoms with Gasteiger partial charge in [-0.05, 0) is 24.6 Å². The maximum atomic E-state index is 13.1. The summed E-state index contributed by atoms with van der Waals surface area (Å²) in [7, 11) is 0. The Morgan fingerprint density at radius 3 is 2.38 bits per heavy atom. The number of aryl methyl sites for hydroxylation is 1. The van der Waals surface area contributed by atoms with E-state index in [2.05, 4.69) is 31.0 Å². The van der Waals surface area contributed by atoms with Gasteiger partial charge in [-0.2, -0.15) is 31.3 Å². The van der Waals surface area contributed by atoms with Crippen LogP contribution in [0.3, 0.4) is 0 Å². The van der Waals surface area contributed by atoms with Gasteiger partial charge in [0.15, 0.2) is 5.82 Å². The van der Waals surface area contributed by atoms with Gasteiger partial charge in [0.2, 0.25) is 17.6 Å². The van der Waals surface area contributed by atoms with Crippen LogP contribution in [0.4, 0.5) is 26.3 Å². The molecule has 2 amide bonds. The predicted octanol–water partition coefficient (Wildman–Crippen LogP) is 4.75. The van der Waals surface area contributed by atoms with Gasteiger partial charge in [0.25, 0.3) is 5.91 Å². The number of fused-ring (bicyclic) bond motifs is 1. The quantitative estimate of drug-likeness (QED) is 0.341.